The number of methoxy groups -OCH3 is 1. The number of fused-ring (bicyclic) bond motifs is 1. The number of imidazole rings is 1. The summed E-state index contributed by atoms with van der Waals surface area (Å²) in [6.45, 7) is 4.65. The second-order valence-corrected chi connectivity index (χ2v) is 5.64. The Morgan fingerprint density at radius 1 is 1.36 bits per heavy atom. The van der Waals surface area contributed by atoms with Crippen LogP contribution in [0.25, 0.3) is 11.0 Å². The molecule has 1 aromatic carbocycles. The Morgan fingerprint density at radius 2 is 2.16 bits per heavy atom. The third-order valence-electron chi connectivity index (χ3n) is 3.97. The van der Waals surface area contributed by atoms with Gasteiger partial charge < -0.3 is 19.8 Å². The van der Waals surface area contributed by atoms with Crippen LogP contribution in [0.3, 0.4) is 0 Å². The minimum atomic E-state index is -0.611. The van der Waals surface area contributed by atoms with Crippen LogP contribution in [0, 0.1) is 0 Å². The van der Waals surface area contributed by atoms with Crippen LogP contribution in [-0.2, 0) is 9.47 Å². The Labute approximate surface area is 144 Å². The van der Waals surface area contributed by atoms with Gasteiger partial charge in [0.25, 0.3) is 5.91 Å². The molecule has 2 amide bonds. The second-order valence-electron chi connectivity index (χ2n) is 5.64. The van der Waals surface area contributed by atoms with Gasteiger partial charge in [0.15, 0.2) is 0 Å². The molecule has 0 unspecified atom stereocenters. The maximum absolute atomic E-state index is 12.3. The van der Waals surface area contributed by atoms with Gasteiger partial charge in [0.1, 0.15) is 0 Å². The summed E-state index contributed by atoms with van der Waals surface area (Å²) in [7, 11) is 1.28. The van der Waals surface area contributed by atoms with E-state index in [1.807, 2.05) is 0 Å². The number of aromatic amines is 1. The van der Waals surface area contributed by atoms with Crippen molar-refractivity contribution in [2.75, 3.05) is 51.8 Å². The maximum Gasteiger partial charge on any atom is 0.413 e. The molecular formula is C16H21N5O4. The van der Waals surface area contributed by atoms with Gasteiger partial charge in [-0.05, 0) is 18.2 Å². The van der Waals surface area contributed by atoms with Crippen molar-refractivity contribution < 1.29 is 19.1 Å². The van der Waals surface area contributed by atoms with Gasteiger partial charge in [-0.2, -0.15) is 0 Å². The zero-order valence-corrected chi connectivity index (χ0v) is 14.0. The fraction of sp³-hybridized carbons (Fsp3) is 0.438. The number of anilines is 1. The number of carbonyl (C=O) groups excluding carboxylic acids is 2. The van der Waals surface area contributed by atoms with Crippen molar-refractivity contribution in [3.8, 4) is 0 Å². The fourth-order valence-corrected chi connectivity index (χ4v) is 2.61. The van der Waals surface area contributed by atoms with E-state index in [9.17, 15) is 9.59 Å². The molecule has 1 aromatic heterocycles. The van der Waals surface area contributed by atoms with Gasteiger partial charge in [-0.15, -0.1) is 0 Å². The molecule has 0 spiro atoms. The third kappa shape index (κ3) is 4.46. The Hall–Kier alpha value is -2.65. The highest BCUT2D eigenvalue weighted by Crippen LogP contribution is 2.16. The minimum Gasteiger partial charge on any atom is -0.453 e. The van der Waals surface area contributed by atoms with Gasteiger partial charge in [0.2, 0.25) is 5.95 Å². The van der Waals surface area contributed by atoms with E-state index in [1.54, 1.807) is 18.2 Å². The van der Waals surface area contributed by atoms with Crippen molar-refractivity contribution in [2.24, 2.45) is 0 Å². The van der Waals surface area contributed by atoms with E-state index in [4.69, 9.17) is 4.74 Å². The van der Waals surface area contributed by atoms with Crippen LogP contribution in [0.15, 0.2) is 18.2 Å². The standard InChI is InChI=1S/C16H21N5O4/c1-24-16(23)20-15-18-12-3-2-11(10-13(12)19-15)14(22)17-4-5-21-6-8-25-9-7-21/h2-3,10H,4-9H2,1H3,(H,17,22)(H2,18,19,20,23). The van der Waals surface area contributed by atoms with Crippen LogP contribution in [0.2, 0.25) is 0 Å². The summed E-state index contributed by atoms with van der Waals surface area (Å²) in [5, 5.41) is 5.37. The van der Waals surface area contributed by atoms with Crippen molar-refractivity contribution in [3.05, 3.63) is 23.8 Å². The molecule has 0 atom stereocenters. The minimum absolute atomic E-state index is 0.146. The summed E-state index contributed by atoms with van der Waals surface area (Å²) in [6.07, 6.45) is -0.611. The maximum atomic E-state index is 12.3. The van der Waals surface area contributed by atoms with E-state index >= 15 is 0 Å². The molecule has 0 saturated carbocycles. The number of ether oxygens (including phenoxy) is 2. The summed E-state index contributed by atoms with van der Waals surface area (Å²) in [6, 6.07) is 5.13. The lowest BCUT2D eigenvalue weighted by Crippen LogP contribution is -2.41. The summed E-state index contributed by atoms with van der Waals surface area (Å²) >= 11 is 0. The predicted octanol–water partition coefficient (Wildman–Crippen LogP) is 0.803. The van der Waals surface area contributed by atoms with Gasteiger partial charge in [0, 0.05) is 31.7 Å². The number of rotatable bonds is 5. The van der Waals surface area contributed by atoms with E-state index < -0.39 is 6.09 Å². The van der Waals surface area contributed by atoms with Gasteiger partial charge in [0.05, 0.1) is 31.4 Å². The van der Waals surface area contributed by atoms with E-state index in [1.165, 1.54) is 7.11 Å². The molecule has 2 heterocycles. The number of aromatic nitrogens is 2. The molecule has 25 heavy (non-hydrogen) atoms. The highest BCUT2D eigenvalue weighted by molar-refractivity contribution is 5.97. The van der Waals surface area contributed by atoms with Gasteiger partial charge in [-0.1, -0.05) is 0 Å². The number of hydrogen-bond acceptors (Lipinski definition) is 6. The quantitative estimate of drug-likeness (QED) is 0.738. The molecule has 3 N–H and O–H groups in total. The molecule has 0 aliphatic carbocycles. The number of H-pyrrole nitrogens is 1. The highest BCUT2D eigenvalue weighted by atomic mass is 16.5. The van der Waals surface area contributed by atoms with Crippen LogP contribution >= 0.6 is 0 Å². The summed E-state index contributed by atoms with van der Waals surface area (Å²) < 4.78 is 9.82. The highest BCUT2D eigenvalue weighted by Gasteiger charge is 2.12. The largest absolute Gasteiger partial charge is 0.453 e. The molecule has 1 fully saturated rings. The van der Waals surface area contributed by atoms with Crippen LogP contribution in [0.4, 0.5) is 10.7 Å². The molecule has 134 valence electrons. The molecular weight excluding hydrogens is 326 g/mol. The zero-order valence-electron chi connectivity index (χ0n) is 14.0. The van der Waals surface area contributed by atoms with Crippen LogP contribution in [0.5, 0.6) is 0 Å². The van der Waals surface area contributed by atoms with Crippen molar-refractivity contribution in [1.29, 1.82) is 0 Å². The van der Waals surface area contributed by atoms with E-state index in [0.29, 0.717) is 23.1 Å². The Morgan fingerprint density at radius 3 is 2.92 bits per heavy atom. The van der Waals surface area contributed by atoms with Crippen molar-refractivity contribution in [1.82, 2.24) is 20.2 Å². The van der Waals surface area contributed by atoms with Gasteiger partial charge in [-0.25, -0.2) is 9.78 Å². The molecule has 1 aliphatic rings. The van der Waals surface area contributed by atoms with E-state index in [0.717, 1.165) is 32.8 Å². The Balaban J connectivity index is 1.58. The number of benzene rings is 1. The average Bonchev–Trinajstić information content (AvgIpc) is 3.03. The van der Waals surface area contributed by atoms with Crippen LogP contribution in [0.1, 0.15) is 10.4 Å². The first-order valence-corrected chi connectivity index (χ1v) is 8.09. The summed E-state index contributed by atoms with van der Waals surface area (Å²) in [5.41, 5.74) is 1.84. The van der Waals surface area contributed by atoms with Crippen molar-refractivity contribution >= 4 is 29.0 Å². The SMILES string of the molecule is COC(=O)Nc1nc2ccc(C(=O)NCCN3CCOCC3)cc2[nH]1. The second kappa shape index (κ2) is 7.95. The van der Waals surface area contributed by atoms with Crippen LogP contribution in [-0.4, -0.2) is 73.4 Å². The first-order chi connectivity index (χ1) is 12.2. The zero-order chi connectivity index (χ0) is 17.6. The first kappa shape index (κ1) is 17.2. The smallest absolute Gasteiger partial charge is 0.413 e. The molecule has 0 radical (unpaired) electrons. The lowest BCUT2D eigenvalue weighted by atomic mass is 10.2. The van der Waals surface area contributed by atoms with Gasteiger partial charge >= 0.3 is 6.09 Å². The van der Waals surface area contributed by atoms with Crippen LogP contribution < -0.4 is 10.6 Å². The topological polar surface area (TPSA) is 109 Å². The van der Waals surface area contributed by atoms with Crippen molar-refractivity contribution in [2.45, 2.75) is 0 Å². The number of morpholine rings is 1. The van der Waals surface area contributed by atoms with Gasteiger partial charge in [-0.3, -0.25) is 15.0 Å². The molecule has 2 aromatic rings. The lowest BCUT2D eigenvalue weighted by Gasteiger charge is -2.26. The van der Waals surface area contributed by atoms with E-state index in [2.05, 4.69) is 30.2 Å². The Bertz CT molecular complexity index is 754. The lowest BCUT2D eigenvalue weighted by molar-refractivity contribution is 0.0383. The summed E-state index contributed by atoms with van der Waals surface area (Å²) in [4.78, 5) is 32.9. The summed E-state index contributed by atoms with van der Waals surface area (Å²) in [5.74, 6) is 0.124. The fourth-order valence-electron chi connectivity index (χ4n) is 2.61. The van der Waals surface area contributed by atoms with E-state index in [-0.39, 0.29) is 11.9 Å². The average molecular weight is 347 g/mol. The monoisotopic (exact) mass is 347 g/mol. The molecule has 3 rings (SSSR count). The third-order valence-corrected chi connectivity index (χ3v) is 3.97. The number of nitrogens with one attached hydrogen (secondary N) is 3. The number of nitrogens with zero attached hydrogens (tertiary/aromatic N) is 2. The molecule has 1 saturated heterocycles. The number of hydrogen-bond donors (Lipinski definition) is 3. The molecule has 9 nitrogen and oxygen atoms in total. The molecule has 9 heteroatoms. The van der Waals surface area contributed by atoms with Crippen molar-refractivity contribution in [3.63, 3.8) is 0 Å². The Kier molecular flexibility index (Phi) is 5.46. The first-order valence-electron chi connectivity index (χ1n) is 8.09. The molecule has 0 bridgehead atoms. The number of carbonyl (C=O) groups is 2. The molecule has 1 aliphatic heterocycles. The number of amides is 2. The normalized spacial score (nSPS) is 15.1. The predicted molar refractivity (Wildman–Crippen MR) is 91.7 cm³/mol.